The maximum Gasteiger partial charge on any atom is 0.229 e. The SMILES string of the molecule is C/C=C(\C=C/CC)Nc1nc(Nc2cc(C(C)CC)[nH]n2)c2cc(-c3ccccc3)ccc2n1. The molecular weight excluding hydrogens is 420 g/mol. The van der Waals surface area contributed by atoms with Gasteiger partial charge in [0.05, 0.1) is 5.52 Å². The Labute approximate surface area is 201 Å². The third-order valence-electron chi connectivity index (χ3n) is 5.89. The minimum Gasteiger partial charge on any atom is -0.324 e. The van der Waals surface area contributed by atoms with Crippen LogP contribution in [0.25, 0.3) is 22.0 Å². The molecule has 2 aromatic heterocycles. The van der Waals surface area contributed by atoms with Crippen molar-refractivity contribution >= 4 is 28.5 Å². The smallest absolute Gasteiger partial charge is 0.229 e. The predicted molar refractivity (Wildman–Crippen MR) is 142 cm³/mol. The number of H-pyrrole nitrogens is 1. The number of rotatable bonds is 9. The van der Waals surface area contributed by atoms with Gasteiger partial charge < -0.3 is 10.6 Å². The van der Waals surface area contributed by atoms with E-state index < -0.39 is 0 Å². The van der Waals surface area contributed by atoms with Crippen molar-refractivity contribution in [2.45, 2.75) is 46.5 Å². The molecule has 4 aromatic rings. The van der Waals surface area contributed by atoms with E-state index >= 15 is 0 Å². The van der Waals surface area contributed by atoms with Gasteiger partial charge in [-0.3, -0.25) is 5.10 Å². The summed E-state index contributed by atoms with van der Waals surface area (Å²) in [6.07, 6.45) is 8.17. The predicted octanol–water partition coefficient (Wildman–Crippen LogP) is 7.56. The van der Waals surface area contributed by atoms with Crippen molar-refractivity contribution in [3.05, 3.63) is 84.2 Å². The summed E-state index contributed by atoms with van der Waals surface area (Å²) < 4.78 is 0. The van der Waals surface area contributed by atoms with Crippen molar-refractivity contribution in [3.63, 3.8) is 0 Å². The lowest BCUT2D eigenvalue weighted by molar-refractivity contribution is 0.703. The van der Waals surface area contributed by atoms with Crippen molar-refractivity contribution in [2.75, 3.05) is 10.6 Å². The molecule has 0 bridgehead atoms. The summed E-state index contributed by atoms with van der Waals surface area (Å²) in [5.41, 5.74) is 5.17. The van der Waals surface area contributed by atoms with Crippen LogP contribution in [-0.4, -0.2) is 20.2 Å². The second-order valence-electron chi connectivity index (χ2n) is 8.32. The first-order chi connectivity index (χ1) is 16.6. The molecule has 0 amide bonds. The molecule has 0 saturated carbocycles. The third kappa shape index (κ3) is 5.34. The van der Waals surface area contributed by atoms with Crippen LogP contribution < -0.4 is 10.6 Å². The van der Waals surface area contributed by atoms with E-state index in [0.29, 0.717) is 17.7 Å². The number of fused-ring (bicyclic) bond motifs is 1. The van der Waals surface area contributed by atoms with Crippen LogP contribution in [0.2, 0.25) is 0 Å². The quantitative estimate of drug-likeness (QED) is 0.228. The van der Waals surface area contributed by atoms with Gasteiger partial charge in [-0.15, -0.1) is 0 Å². The molecule has 2 aromatic carbocycles. The third-order valence-corrected chi connectivity index (χ3v) is 5.89. The number of hydrogen-bond acceptors (Lipinski definition) is 5. The van der Waals surface area contributed by atoms with Crippen LogP contribution in [0.1, 0.15) is 52.1 Å². The lowest BCUT2D eigenvalue weighted by Crippen LogP contribution is -2.05. The van der Waals surface area contributed by atoms with E-state index in [9.17, 15) is 0 Å². The minimum atomic E-state index is 0.412. The maximum atomic E-state index is 4.84. The molecule has 0 radical (unpaired) electrons. The molecule has 1 atom stereocenters. The average Bonchev–Trinajstić information content (AvgIpc) is 3.35. The summed E-state index contributed by atoms with van der Waals surface area (Å²) in [6, 6.07) is 18.7. The Hall–Kier alpha value is -3.93. The van der Waals surface area contributed by atoms with Gasteiger partial charge in [0.25, 0.3) is 0 Å². The van der Waals surface area contributed by atoms with E-state index in [1.807, 2.05) is 43.3 Å². The van der Waals surface area contributed by atoms with Gasteiger partial charge in [-0.05, 0) is 55.0 Å². The Morgan fingerprint density at radius 2 is 1.85 bits per heavy atom. The summed E-state index contributed by atoms with van der Waals surface area (Å²) in [6.45, 7) is 8.47. The molecular formula is C28H32N6. The lowest BCUT2D eigenvalue weighted by Gasteiger charge is -2.12. The van der Waals surface area contributed by atoms with Crippen LogP contribution in [0.3, 0.4) is 0 Å². The highest BCUT2D eigenvalue weighted by atomic mass is 15.2. The molecule has 6 heteroatoms. The van der Waals surface area contributed by atoms with Gasteiger partial charge in [0.2, 0.25) is 5.95 Å². The number of aromatic amines is 1. The summed E-state index contributed by atoms with van der Waals surface area (Å²) in [7, 11) is 0. The van der Waals surface area contributed by atoms with Crippen LogP contribution in [0, 0.1) is 0 Å². The fourth-order valence-electron chi connectivity index (χ4n) is 3.67. The molecule has 174 valence electrons. The van der Waals surface area contributed by atoms with Gasteiger partial charge in [0, 0.05) is 22.8 Å². The topological polar surface area (TPSA) is 78.5 Å². The fourth-order valence-corrected chi connectivity index (χ4v) is 3.67. The summed E-state index contributed by atoms with van der Waals surface area (Å²) in [4.78, 5) is 9.63. The highest BCUT2D eigenvalue weighted by Crippen LogP contribution is 2.30. The molecule has 4 rings (SSSR count). The van der Waals surface area contributed by atoms with E-state index in [4.69, 9.17) is 9.97 Å². The molecule has 0 spiro atoms. The number of nitrogens with one attached hydrogen (secondary N) is 3. The van der Waals surface area contributed by atoms with Crippen LogP contribution in [0.4, 0.5) is 17.6 Å². The van der Waals surface area contributed by atoms with Crippen LogP contribution in [0.15, 0.2) is 78.5 Å². The Kier molecular flexibility index (Phi) is 7.38. The Morgan fingerprint density at radius 3 is 2.59 bits per heavy atom. The van der Waals surface area contributed by atoms with Crippen molar-refractivity contribution < 1.29 is 0 Å². The molecule has 0 aliphatic rings. The summed E-state index contributed by atoms with van der Waals surface area (Å²) in [5, 5.41) is 15.3. The fraction of sp³-hybridized carbons (Fsp3) is 0.250. The number of nitrogens with zero attached hydrogens (tertiary/aromatic N) is 3. The van der Waals surface area contributed by atoms with Gasteiger partial charge >= 0.3 is 0 Å². The Morgan fingerprint density at radius 1 is 1.03 bits per heavy atom. The van der Waals surface area contributed by atoms with E-state index in [0.717, 1.165) is 52.1 Å². The van der Waals surface area contributed by atoms with Crippen LogP contribution in [0.5, 0.6) is 0 Å². The number of anilines is 3. The number of benzene rings is 2. The van der Waals surface area contributed by atoms with Crippen molar-refractivity contribution in [2.24, 2.45) is 0 Å². The Balaban J connectivity index is 1.77. The van der Waals surface area contributed by atoms with E-state index in [1.165, 1.54) is 0 Å². The molecule has 0 aliphatic carbocycles. The highest BCUT2D eigenvalue weighted by molar-refractivity contribution is 5.94. The first-order valence-electron chi connectivity index (χ1n) is 11.9. The van der Waals surface area contributed by atoms with Gasteiger partial charge in [-0.25, -0.2) is 4.98 Å². The molecule has 6 nitrogen and oxygen atoms in total. The molecule has 0 aliphatic heterocycles. The Bertz CT molecular complexity index is 1300. The van der Waals surface area contributed by atoms with E-state index in [1.54, 1.807) is 0 Å². The van der Waals surface area contributed by atoms with Gasteiger partial charge in [-0.2, -0.15) is 10.1 Å². The zero-order chi connectivity index (χ0) is 23.9. The number of hydrogen-bond donors (Lipinski definition) is 3. The normalized spacial score (nSPS) is 12.9. The molecule has 3 N–H and O–H groups in total. The minimum absolute atomic E-state index is 0.412. The summed E-state index contributed by atoms with van der Waals surface area (Å²) >= 11 is 0. The molecule has 34 heavy (non-hydrogen) atoms. The second-order valence-corrected chi connectivity index (χ2v) is 8.32. The van der Waals surface area contributed by atoms with Crippen LogP contribution >= 0.6 is 0 Å². The van der Waals surface area contributed by atoms with Crippen molar-refractivity contribution in [3.8, 4) is 11.1 Å². The lowest BCUT2D eigenvalue weighted by atomic mass is 10.0. The zero-order valence-electron chi connectivity index (χ0n) is 20.3. The molecule has 1 unspecified atom stereocenters. The highest BCUT2D eigenvalue weighted by Gasteiger charge is 2.13. The van der Waals surface area contributed by atoms with Gasteiger partial charge in [-0.1, -0.05) is 69.3 Å². The first-order valence-corrected chi connectivity index (χ1v) is 11.9. The van der Waals surface area contributed by atoms with E-state index in [-0.39, 0.29) is 0 Å². The first kappa shape index (κ1) is 23.2. The van der Waals surface area contributed by atoms with Crippen LogP contribution in [-0.2, 0) is 0 Å². The zero-order valence-corrected chi connectivity index (χ0v) is 20.3. The standard InChI is InChI=1S/C28H32N6/c1-5-8-14-22(7-3)29-28-30-24-16-15-21(20-12-10-9-11-13-20)17-23(24)27(32-28)31-26-18-25(33-34-26)19(4)6-2/h7-19H,5-6H2,1-4H3,(H3,29,30,31,32,33,34)/b14-8-,22-7+. The van der Waals surface area contributed by atoms with Gasteiger partial charge in [0.15, 0.2) is 5.82 Å². The largest absolute Gasteiger partial charge is 0.324 e. The van der Waals surface area contributed by atoms with Crippen molar-refractivity contribution in [1.82, 2.24) is 20.2 Å². The second kappa shape index (κ2) is 10.8. The number of aromatic nitrogens is 4. The monoisotopic (exact) mass is 452 g/mol. The molecule has 2 heterocycles. The number of allylic oxidation sites excluding steroid dienone is 3. The average molecular weight is 453 g/mol. The molecule has 0 fully saturated rings. The van der Waals surface area contributed by atoms with Crippen molar-refractivity contribution in [1.29, 1.82) is 0 Å². The molecule has 0 saturated heterocycles. The van der Waals surface area contributed by atoms with E-state index in [2.05, 4.69) is 78.0 Å². The maximum absolute atomic E-state index is 4.84. The summed E-state index contributed by atoms with van der Waals surface area (Å²) in [5.74, 6) is 2.40. The van der Waals surface area contributed by atoms with Gasteiger partial charge in [0.1, 0.15) is 5.82 Å².